The second kappa shape index (κ2) is 14.3. The second-order valence-corrected chi connectivity index (χ2v) is 15.7. The van der Waals surface area contributed by atoms with Crippen molar-refractivity contribution in [3.63, 3.8) is 0 Å². The molecule has 3 heteroatoms. The van der Waals surface area contributed by atoms with Crippen LogP contribution in [0.25, 0.3) is 93.6 Å². The fourth-order valence-electron chi connectivity index (χ4n) is 9.36. The molecule has 0 fully saturated rings. The second-order valence-electron chi connectivity index (χ2n) is 15.7. The average molecular weight is 779 g/mol. The summed E-state index contributed by atoms with van der Waals surface area (Å²) in [6.45, 7) is 0. The topological polar surface area (TPSA) is 21.3 Å². The molecule has 0 aliphatic heterocycles. The first-order valence-electron chi connectivity index (χ1n) is 20.8. The summed E-state index contributed by atoms with van der Waals surface area (Å²) in [7, 11) is 0. The Balaban J connectivity index is 0.980. The van der Waals surface area contributed by atoms with Crippen molar-refractivity contribution in [2.24, 2.45) is 0 Å². The van der Waals surface area contributed by atoms with Gasteiger partial charge in [-0.15, -0.1) is 0 Å². The van der Waals surface area contributed by atoms with E-state index in [-0.39, 0.29) is 0 Å². The highest BCUT2D eigenvalue weighted by atomic mass is 16.3. The smallest absolute Gasteiger partial charge is 0.143 e. The Morgan fingerprint density at radius 3 is 1.70 bits per heavy atom. The quantitative estimate of drug-likeness (QED) is 0.161. The number of fused-ring (bicyclic) bond motifs is 7. The van der Waals surface area contributed by atoms with E-state index in [4.69, 9.17) is 4.42 Å². The number of hydrogen-bond donors (Lipinski definition) is 0. The largest absolute Gasteiger partial charge is 0.455 e. The summed E-state index contributed by atoms with van der Waals surface area (Å²) in [6.07, 6.45) is 0. The average Bonchev–Trinajstić information content (AvgIpc) is 3.88. The van der Waals surface area contributed by atoms with Crippen LogP contribution in [0.5, 0.6) is 0 Å². The number of aromatic nitrogens is 1. The van der Waals surface area contributed by atoms with Crippen LogP contribution in [-0.4, -0.2) is 4.57 Å². The Labute approximate surface area is 353 Å². The first-order valence-corrected chi connectivity index (χ1v) is 20.8. The molecule has 0 bridgehead atoms. The molecule has 2 heterocycles. The maximum atomic E-state index is 6.43. The molecule has 0 amide bonds. The van der Waals surface area contributed by atoms with E-state index in [9.17, 15) is 0 Å². The van der Waals surface area contributed by atoms with Crippen molar-refractivity contribution >= 4 is 71.6 Å². The van der Waals surface area contributed by atoms with Gasteiger partial charge in [0, 0.05) is 49.6 Å². The molecule has 0 unspecified atom stereocenters. The van der Waals surface area contributed by atoms with Crippen LogP contribution in [0.4, 0.5) is 17.1 Å². The lowest BCUT2D eigenvalue weighted by Crippen LogP contribution is -2.11. The molecule has 0 radical (unpaired) electrons. The van der Waals surface area contributed by atoms with Gasteiger partial charge in [-0.05, 0) is 88.1 Å². The first kappa shape index (κ1) is 34.9. The number of furan rings is 1. The summed E-state index contributed by atoms with van der Waals surface area (Å²) >= 11 is 0. The third-order valence-electron chi connectivity index (χ3n) is 12.2. The fourth-order valence-corrected chi connectivity index (χ4v) is 9.36. The standard InChI is InChI=1S/C58H38N2O/c1-2-15-39(16-3-1)46-17-4-9-24-53(46)59(45-36-33-41-37-43(30-29-42(41)38-45)48-22-14-23-52-51-21-8-13-28-57(51)61-58(48)52)44-34-31-40(32-35-44)47-18-5-10-25-54(47)60-55-26-11-6-19-49(55)50-20-7-12-27-56(50)60/h1-38H. The fraction of sp³-hybridized carbons (Fsp3) is 0. The predicted molar refractivity (Wildman–Crippen MR) is 257 cm³/mol. The number of para-hydroxylation sites is 6. The van der Waals surface area contributed by atoms with E-state index in [2.05, 4.69) is 228 Å². The summed E-state index contributed by atoms with van der Waals surface area (Å²) in [5.41, 5.74) is 15.6. The number of rotatable bonds is 7. The van der Waals surface area contributed by atoms with E-state index in [1.165, 1.54) is 43.9 Å². The van der Waals surface area contributed by atoms with Crippen LogP contribution >= 0.6 is 0 Å². The van der Waals surface area contributed by atoms with Crippen molar-refractivity contribution in [3.05, 3.63) is 231 Å². The molecule has 0 aliphatic carbocycles. The minimum absolute atomic E-state index is 0.909. The molecule has 0 saturated heterocycles. The minimum atomic E-state index is 0.909. The normalized spacial score (nSPS) is 11.6. The van der Waals surface area contributed by atoms with Gasteiger partial charge in [-0.1, -0.05) is 170 Å². The number of benzene rings is 10. The van der Waals surface area contributed by atoms with Gasteiger partial charge in [0.1, 0.15) is 11.2 Å². The van der Waals surface area contributed by atoms with Crippen molar-refractivity contribution in [2.45, 2.75) is 0 Å². The summed E-state index contributed by atoms with van der Waals surface area (Å²) in [6, 6.07) is 82.9. The Morgan fingerprint density at radius 2 is 0.902 bits per heavy atom. The highest BCUT2D eigenvalue weighted by Gasteiger charge is 2.20. The molecular formula is C58H38N2O. The van der Waals surface area contributed by atoms with Crippen LogP contribution < -0.4 is 4.90 Å². The molecule has 12 rings (SSSR count). The van der Waals surface area contributed by atoms with E-state index in [0.717, 1.165) is 66.8 Å². The summed E-state index contributed by atoms with van der Waals surface area (Å²) in [5, 5.41) is 7.12. The SMILES string of the molecule is c1ccc(-c2ccccc2N(c2ccc(-c3ccccc3-n3c4ccccc4c4ccccc43)cc2)c2ccc3cc(-c4cccc5c4oc4ccccc45)ccc3c2)cc1. The molecule has 0 atom stereocenters. The van der Waals surface area contributed by atoms with Crippen molar-refractivity contribution in [2.75, 3.05) is 4.90 Å². The van der Waals surface area contributed by atoms with Gasteiger partial charge in [0.2, 0.25) is 0 Å². The zero-order chi connectivity index (χ0) is 40.3. The lowest BCUT2D eigenvalue weighted by Gasteiger charge is -2.28. The molecule has 0 aliphatic rings. The Morgan fingerprint density at radius 1 is 0.344 bits per heavy atom. The van der Waals surface area contributed by atoms with Crippen LogP contribution in [0.3, 0.4) is 0 Å². The van der Waals surface area contributed by atoms with Crippen LogP contribution in [0.2, 0.25) is 0 Å². The van der Waals surface area contributed by atoms with Crippen molar-refractivity contribution in [1.29, 1.82) is 0 Å². The van der Waals surface area contributed by atoms with E-state index in [1.54, 1.807) is 0 Å². The lowest BCUT2D eigenvalue weighted by atomic mass is 9.98. The molecule has 61 heavy (non-hydrogen) atoms. The molecule has 3 nitrogen and oxygen atoms in total. The number of nitrogens with zero attached hydrogens (tertiary/aromatic N) is 2. The Kier molecular flexibility index (Phi) is 8.17. The van der Waals surface area contributed by atoms with Crippen LogP contribution in [0.1, 0.15) is 0 Å². The zero-order valence-electron chi connectivity index (χ0n) is 33.2. The van der Waals surface area contributed by atoms with Gasteiger partial charge in [-0.3, -0.25) is 0 Å². The van der Waals surface area contributed by atoms with E-state index < -0.39 is 0 Å². The van der Waals surface area contributed by atoms with Gasteiger partial charge in [0.15, 0.2) is 0 Å². The van der Waals surface area contributed by atoms with Gasteiger partial charge in [0.25, 0.3) is 0 Å². The van der Waals surface area contributed by atoms with E-state index in [0.29, 0.717) is 0 Å². The van der Waals surface area contributed by atoms with Crippen molar-refractivity contribution < 1.29 is 4.42 Å². The molecule has 286 valence electrons. The third kappa shape index (κ3) is 5.82. The van der Waals surface area contributed by atoms with E-state index >= 15 is 0 Å². The molecule has 0 saturated carbocycles. The van der Waals surface area contributed by atoms with Crippen molar-refractivity contribution in [1.82, 2.24) is 4.57 Å². The Hall–Kier alpha value is -8.14. The van der Waals surface area contributed by atoms with Gasteiger partial charge in [-0.25, -0.2) is 0 Å². The minimum Gasteiger partial charge on any atom is -0.455 e. The molecular weight excluding hydrogens is 741 g/mol. The van der Waals surface area contributed by atoms with Gasteiger partial charge >= 0.3 is 0 Å². The maximum absolute atomic E-state index is 6.43. The first-order chi connectivity index (χ1) is 30.3. The highest BCUT2D eigenvalue weighted by Crippen LogP contribution is 2.44. The molecule has 0 N–H and O–H groups in total. The van der Waals surface area contributed by atoms with Gasteiger partial charge in [0.05, 0.1) is 22.4 Å². The lowest BCUT2D eigenvalue weighted by molar-refractivity contribution is 0.670. The number of anilines is 3. The van der Waals surface area contributed by atoms with Gasteiger partial charge in [-0.2, -0.15) is 0 Å². The maximum Gasteiger partial charge on any atom is 0.143 e. The molecule has 0 spiro atoms. The predicted octanol–water partition coefficient (Wildman–Crippen LogP) is 16.3. The van der Waals surface area contributed by atoms with Crippen LogP contribution in [0, 0.1) is 0 Å². The summed E-state index contributed by atoms with van der Waals surface area (Å²) < 4.78 is 8.84. The van der Waals surface area contributed by atoms with Gasteiger partial charge < -0.3 is 13.9 Å². The molecule has 10 aromatic carbocycles. The van der Waals surface area contributed by atoms with E-state index in [1.807, 2.05) is 12.1 Å². The zero-order valence-corrected chi connectivity index (χ0v) is 33.2. The highest BCUT2D eigenvalue weighted by molar-refractivity contribution is 6.11. The number of hydrogen-bond acceptors (Lipinski definition) is 2. The summed E-state index contributed by atoms with van der Waals surface area (Å²) in [4.78, 5) is 2.40. The monoisotopic (exact) mass is 778 g/mol. The van der Waals surface area contributed by atoms with Crippen LogP contribution in [-0.2, 0) is 0 Å². The third-order valence-corrected chi connectivity index (χ3v) is 12.2. The van der Waals surface area contributed by atoms with Crippen molar-refractivity contribution in [3.8, 4) is 39.1 Å². The molecule has 2 aromatic heterocycles. The Bertz CT molecular complexity index is 3540. The molecule has 12 aromatic rings. The van der Waals surface area contributed by atoms with Crippen LogP contribution in [0.15, 0.2) is 235 Å². The summed E-state index contributed by atoms with van der Waals surface area (Å²) in [5.74, 6) is 0.